The molecule has 8 heteroatoms. The molecule has 1 aliphatic carbocycles. The zero-order chi connectivity index (χ0) is 22.3. The summed E-state index contributed by atoms with van der Waals surface area (Å²) >= 11 is 0. The van der Waals surface area contributed by atoms with Crippen LogP contribution in [0.4, 0.5) is 5.69 Å². The van der Waals surface area contributed by atoms with Crippen molar-refractivity contribution in [1.29, 1.82) is 0 Å². The van der Waals surface area contributed by atoms with Crippen molar-refractivity contribution in [2.75, 3.05) is 25.1 Å². The number of anilines is 1. The van der Waals surface area contributed by atoms with Crippen molar-refractivity contribution in [3.05, 3.63) is 59.7 Å². The summed E-state index contributed by atoms with van der Waals surface area (Å²) in [5.74, 6) is -0.745. The molecular weight excluding hydrogens is 412 g/mol. The Morgan fingerprint density at radius 3 is 2.50 bits per heavy atom. The van der Waals surface area contributed by atoms with Crippen LogP contribution < -0.4 is 15.4 Å². The van der Waals surface area contributed by atoms with E-state index in [1.807, 2.05) is 0 Å². The molecule has 0 radical (unpaired) electrons. The lowest BCUT2D eigenvalue weighted by Gasteiger charge is -2.12. The molecule has 2 aliphatic rings. The highest BCUT2D eigenvalue weighted by atomic mass is 16.5. The predicted octanol–water partition coefficient (Wildman–Crippen LogP) is 2.93. The third kappa shape index (κ3) is 6.07. The average Bonchev–Trinajstić information content (AvgIpc) is 3.46. The number of benzene rings is 2. The van der Waals surface area contributed by atoms with E-state index in [-0.39, 0.29) is 18.1 Å². The van der Waals surface area contributed by atoms with E-state index in [0.717, 1.165) is 32.3 Å². The normalized spacial score (nSPS) is 17.4. The second-order valence-electron chi connectivity index (χ2n) is 7.89. The second-order valence-corrected chi connectivity index (χ2v) is 7.89. The minimum Gasteiger partial charge on any atom is -0.491 e. The van der Waals surface area contributed by atoms with Crippen LogP contribution in [-0.2, 0) is 14.3 Å². The minimum atomic E-state index is -0.620. The molecule has 1 saturated carbocycles. The summed E-state index contributed by atoms with van der Waals surface area (Å²) in [5.41, 5.74) is 1.06. The Morgan fingerprint density at radius 1 is 1.00 bits per heavy atom. The first-order valence-electron chi connectivity index (χ1n) is 10.8. The van der Waals surface area contributed by atoms with E-state index >= 15 is 0 Å². The summed E-state index contributed by atoms with van der Waals surface area (Å²) in [6.07, 6.45) is 4.09. The van der Waals surface area contributed by atoms with Gasteiger partial charge in [0, 0.05) is 12.6 Å². The van der Waals surface area contributed by atoms with Crippen molar-refractivity contribution in [3.63, 3.8) is 0 Å². The Labute approximate surface area is 186 Å². The Balaban J connectivity index is 1.25. The smallest absolute Gasteiger partial charge is 0.338 e. The Hall–Kier alpha value is -3.39. The van der Waals surface area contributed by atoms with Gasteiger partial charge in [0.15, 0.2) is 6.61 Å². The molecule has 1 unspecified atom stereocenters. The SMILES string of the molecule is O=C(COC(=O)c1ccc(OCC2CCCO2)cc1)Nc1ccccc1C(=O)NC1CC1. The molecule has 1 atom stereocenters. The molecule has 0 aromatic heterocycles. The van der Waals surface area contributed by atoms with E-state index < -0.39 is 18.5 Å². The number of ether oxygens (including phenoxy) is 3. The van der Waals surface area contributed by atoms with Crippen LogP contribution in [0.5, 0.6) is 5.75 Å². The molecule has 4 rings (SSSR count). The molecule has 8 nitrogen and oxygen atoms in total. The molecule has 0 bridgehead atoms. The fraction of sp³-hybridized carbons (Fsp3) is 0.375. The van der Waals surface area contributed by atoms with Gasteiger partial charge in [0.05, 0.1) is 22.9 Å². The molecule has 1 aliphatic heterocycles. The predicted molar refractivity (Wildman–Crippen MR) is 117 cm³/mol. The highest BCUT2D eigenvalue weighted by Crippen LogP contribution is 2.22. The van der Waals surface area contributed by atoms with Gasteiger partial charge in [-0.15, -0.1) is 0 Å². The molecule has 168 valence electrons. The second kappa shape index (κ2) is 10.3. The zero-order valence-electron chi connectivity index (χ0n) is 17.7. The van der Waals surface area contributed by atoms with E-state index in [1.54, 1.807) is 48.5 Å². The van der Waals surface area contributed by atoms with Gasteiger partial charge in [-0.2, -0.15) is 0 Å². The maximum Gasteiger partial charge on any atom is 0.338 e. The number of rotatable bonds is 9. The maximum atomic E-state index is 12.3. The molecule has 2 amide bonds. The van der Waals surface area contributed by atoms with Gasteiger partial charge in [-0.3, -0.25) is 9.59 Å². The molecule has 2 aromatic carbocycles. The van der Waals surface area contributed by atoms with Crippen molar-refractivity contribution in [1.82, 2.24) is 5.32 Å². The van der Waals surface area contributed by atoms with Gasteiger partial charge >= 0.3 is 5.97 Å². The van der Waals surface area contributed by atoms with Crippen molar-refractivity contribution >= 4 is 23.5 Å². The van der Waals surface area contributed by atoms with Crippen LogP contribution in [0.2, 0.25) is 0 Å². The quantitative estimate of drug-likeness (QED) is 0.584. The van der Waals surface area contributed by atoms with Crippen LogP contribution >= 0.6 is 0 Å². The Bertz CT molecular complexity index is 965. The van der Waals surface area contributed by atoms with Crippen molar-refractivity contribution < 1.29 is 28.6 Å². The molecule has 0 spiro atoms. The fourth-order valence-corrected chi connectivity index (χ4v) is 3.33. The van der Waals surface area contributed by atoms with Crippen LogP contribution in [0, 0.1) is 0 Å². The van der Waals surface area contributed by atoms with Crippen LogP contribution in [0.15, 0.2) is 48.5 Å². The number of carbonyl (C=O) groups is 3. The molecule has 2 N–H and O–H groups in total. The maximum absolute atomic E-state index is 12.3. The number of amides is 2. The Morgan fingerprint density at radius 2 is 1.78 bits per heavy atom. The number of hydrogen-bond donors (Lipinski definition) is 2. The average molecular weight is 438 g/mol. The van der Waals surface area contributed by atoms with Gasteiger partial charge in [-0.05, 0) is 62.1 Å². The summed E-state index contributed by atoms with van der Waals surface area (Å²) in [4.78, 5) is 36.9. The first kappa shape index (κ1) is 21.8. The number of carbonyl (C=O) groups excluding carboxylic acids is 3. The Kier molecular flexibility index (Phi) is 7.01. The van der Waals surface area contributed by atoms with Gasteiger partial charge in [-0.25, -0.2) is 4.79 Å². The lowest BCUT2D eigenvalue weighted by molar-refractivity contribution is -0.119. The molecule has 2 fully saturated rings. The first-order valence-corrected chi connectivity index (χ1v) is 10.8. The van der Waals surface area contributed by atoms with E-state index in [1.165, 1.54) is 0 Å². The standard InChI is InChI=1S/C24H26N2O6/c27-22(26-21-6-2-1-5-20(21)23(28)25-17-9-10-17)15-32-24(29)16-7-11-18(12-8-16)31-14-19-4-3-13-30-19/h1-2,5-8,11-12,17,19H,3-4,9-10,13-15H2,(H,25,28)(H,26,27). The molecule has 2 aromatic rings. The topological polar surface area (TPSA) is 103 Å². The lowest BCUT2D eigenvalue weighted by atomic mass is 10.1. The third-order valence-electron chi connectivity index (χ3n) is 5.24. The van der Waals surface area contributed by atoms with Gasteiger partial charge in [0.25, 0.3) is 11.8 Å². The number of esters is 1. The molecule has 1 saturated heterocycles. The highest BCUT2D eigenvalue weighted by molar-refractivity contribution is 6.04. The summed E-state index contributed by atoms with van der Waals surface area (Å²) in [6.45, 7) is 0.782. The van der Waals surface area contributed by atoms with Crippen molar-refractivity contribution in [2.45, 2.75) is 37.8 Å². The lowest BCUT2D eigenvalue weighted by Crippen LogP contribution is -2.28. The first-order chi connectivity index (χ1) is 15.6. The summed E-state index contributed by atoms with van der Waals surface area (Å²) in [6, 6.07) is 13.5. The summed E-state index contributed by atoms with van der Waals surface area (Å²) in [5, 5.41) is 5.53. The van der Waals surface area contributed by atoms with Gasteiger partial charge in [0.1, 0.15) is 12.4 Å². The van der Waals surface area contributed by atoms with E-state index in [9.17, 15) is 14.4 Å². The van der Waals surface area contributed by atoms with E-state index in [4.69, 9.17) is 14.2 Å². The van der Waals surface area contributed by atoms with Crippen LogP contribution in [0.3, 0.4) is 0 Å². The van der Waals surface area contributed by atoms with Crippen molar-refractivity contribution in [2.24, 2.45) is 0 Å². The fourth-order valence-electron chi connectivity index (χ4n) is 3.33. The highest BCUT2D eigenvalue weighted by Gasteiger charge is 2.25. The largest absolute Gasteiger partial charge is 0.491 e. The number of nitrogens with one attached hydrogen (secondary N) is 2. The molecular formula is C24H26N2O6. The van der Waals surface area contributed by atoms with E-state index in [2.05, 4.69) is 10.6 Å². The molecule has 32 heavy (non-hydrogen) atoms. The monoisotopic (exact) mass is 438 g/mol. The van der Waals surface area contributed by atoms with Crippen LogP contribution in [0.25, 0.3) is 0 Å². The van der Waals surface area contributed by atoms with E-state index in [0.29, 0.717) is 29.2 Å². The van der Waals surface area contributed by atoms with Gasteiger partial charge < -0.3 is 24.8 Å². The van der Waals surface area contributed by atoms with Gasteiger partial charge in [0.2, 0.25) is 0 Å². The molecule has 1 heterocycles. The summed E-state index contributed by atoms with van der Waals surface area (Å²) < 4.78 is 16.3. The summed E-state index contributed by atoms with van der Waals surface area (Å²) in [7, 11) is 0. The van der Waals surface area contributed by atoms with Crippen molar-refractivity contribution in [3.8, 4) is 5.75 Å². The number of hydrogen-bond acceptors (Lipinski definition) is 6. The third-order valence-corrected chi connectivity index (χ3v) is 5.24. The van der Waals surface area contributed by atoms with Gasteiger partial charge in [-0.1, -0.05) is 12.1 Å². The zero-order valence-corrected chi connectivity index (χ0v) is 17.7. The minimum absolute atomic E-state index is 0.114. The number of para-hydroxylation sites is 1. The van der Waals surface area contributed by atoms with Crippen LogP contribution in [0.1, 0.15) is 46.4 Å². The van der Waals surface area contributed by atoms with Crippen LogP contribution in [-0.4, -0.2) is 49.8 Å².